The van der Waals surface area contributed by atoms with Crippen molar-refractivity contribution in [3.8, 4) is 0 Å². The number of nitrogens with one attached hydrogen (secondary N) is 1. The van der Waals surface area contributed by atoms with Crippen molar-refractivity contribution >= 4 is 22.6 Å². The zero-order valence-corrected chi connectivity index (χ0v) is 8.37. The Balaban J connectivity index is 2.79. The minimum absolute atomic E-state index is 0.262. The zero-order valence-electron chi connectivity index (χ0n) is 8.37. The number of carboxylic acids is 1. The molecule has 2 aromatic rings. The molecule has 4 nitrogen and oxygen atoms in total. The van der Waals surface area contributed by atoms with Crippen molar-refractivity contribution in [1.82, 2.24) is 4.98 Å². The first-order valence-electron chi connectivity index (χ1n) is 4.77. The summed E-state index contributed by atoms with van der Waals surface area (Å²) in [5.74, 6) is -0.929. The van der Waals surface area contributed by atoms with Crippen LogP contribution in [-0.4, -0.2) is 16.1 Å². The van der Waals surface area contributed by atoms with Gasteiger partial charge < -0.3 is 15.8 Å². The Bertz CT molecular complexity index is 529. The lowest BCUT2D eigenvalue weighted by Crippen LogP contribution is -2.00. The van der Waals surface area contributed by atoms with Crippen molar-refractivity contribution < 1.29 is 9.90 Å². The summed E-state index contributed by atoms with van der Waals surface area (Å²) in [5, 5.41) is 9.90. The van der Waals surface area contributed by atoms with E-state index >= 15 is 0 Å². The number of benzene rings is 1. The van der Waals surface area contributed by atoms with Crippen molar-refractivity contribution in [2.75, 3.05) is 5.73 Å². The molecule has 2 rings (SSSR count). The second-order valence-corrected chi connectivity index (χ2v) is 3.44. The van der Waals surface area contributed by atoms with Crippen LogP contribution in [0.15, 0.2) is 18.2 Å². The quantitative estimate of drug-likeness (QED) is 0.654. The molecule has 0 aliphatic carbocycles. The second-order valence-electron chi connectivity index (χ2n) is 3.44. The van der Waals surface area contributed by atoms with E-state index in [-0.39, 0.29) is 5.69 Å². The molecule has 1 heterocycles. The molecule has 0 bridgehead atoms. The Morgan fingerprint density at radius 3 is 2.87 bits per heavy atom. The molecule has 0 saturated heterocycles. The Labute approximate surface area is 86.7 Å². The van der Waals surface area contributed by atoms with Crippen LogP contribution in [0, 0.1) is 0 Å². The van der Waals surface area contributed by atoms with E-state index in [1.165, 1.54) is 0 Å². The van der Waals surface area contributed by atoms with Gasteiger partial charge in [0.15, 0.2) is 0 Å². The zero-order chi connectivity index (χ0) is 11.0. The minimum Gasteiger partial charge on any atom is -0.477 e. The van der Waals surface area contributed by atoms with Crippen molar-refractivity contribution in [3.63, 3.8) is 0 Å². The molecule has 4 heteroatoms. The first kappa shape index (κ1) is 9.58. The van der Waals surface area contributed by atoms with E-state index < -0.39 is 5.97 Å². The fraction of sp³-hybridized carbons (Fsp3) is 0.182. The van der Waals surface area contributed by atoms with Gasteiger partial charge >= 0.3 is 5.97 Å². The van der Waals surface area contributed by atoms with Crippen LogP contribution in [0.5, 0.6) is 0 Å². The minimum atomic E-state index is -0.929. The maximum Gasteiger partial charge on any atom is 0.352 e. The molecule has 0 fully saturated rings. The highest BCUT2D eigenvalue weighted by molar-refractivity contribution is 5.98. The van der Waals surface area contributed by atoms with Gasteiger partial charge in [0.25, 0.3) is 0 Å². The van der Waals surface area contributed by atoms with Gasteiger partial charge in [-0.05, 0) is 30.2 Å². The summed E-state index contributed by atoms with van der Waals surface area (Å²) in [4.78, 5) is 13.9. The lowest BCUT2D eigenvalue weighted by Gasteiger charge is -1.97. The summed E-state index contributed by atoms with van der Waals surface area (Å²) in [6.07, 6.45) is 0.672. The number of aromatic nitrogens is 1. The van der Waals surface area contributed by atoms with Crippen LogP contribution in [-0.2, 0) is 6.42 Å². The molecule has 78 valence electrons. The van der Waals surface area contributed by atoms with Gasteiger partial charge in [-0.2, -0.15) is 0 Å². The smallest absolute Gasteiger partial charge is 0.352 e. The SMILES string of the molecule is CCc1c(C(=O)O)[nH]c2ccc(N)cc12. The molecule has 1 aromatic heterocycles. The van der Waals surface area contributed by atoms with Gasteiger partial charge in [-0.1, -0.05) is 6.92 Å². The molecule has 15 heavy (non-hydrogen) atoms. The van der Waals surface area contributed by atoms with Gasteiger partial charge in [0.1, 0.15) is 5.69 Å². The number of rotatable bonds is 2. The second kappa shape index (κ2) is 3.31. The van der Waals surface area contributed by atoms with Crippen LogP contribution in [0.1, 0.15) is 23.0 Å². The topological polar surface area (TPSA) is 79.1 Å². The van der Waals surface area contributed by atoms with Crippen molar-refractivity contribution in [3.05, 3.63) is 29.5 Å². The Morgan fingerprint density at radius 1 is 1.53 bits per heavy atom. The lowest BCUT2D eigenvalue weighted by molar-refractivity contribution is 0.0690. The number of aryl methyl sites for hydroxylation is 1. The van der Waals surface area contributed by atoms with Gasteiger partial charge in [0, 0.05) is 16.6 Å². The molecule has 0 aliphatic rings. The normalized spacial score (nSPS) is 10.7. The van der Waals surface area contributed by atoms with Crippen LogP contribution >= 0.6 is 0 Å². The number of hydrogen-bond donors (Lipinski definition) is 3. The molecule has 0 aliphatic heterocycles. The van der Waals surface area contributed by atoms with E-state index in [1.807, 2.05) is 6.92 Å². The van der Waals surface area contributed by atoms with E-state index in [9.17, 15) is 4.79 Å². The Hall–Kier alpha value is -1.97. The third-order valence-corrected chi connectivity index (χ3v) is 2.50. The highest BCUT2D eigenvalue weighted by Gasteiger charge is 2.15. The predicted octanol–water partition coefficient (Wildman–Crippen LogP) is 2.01. The Morgan fingerprint density at radius 2 is 2.27 bits per heavy atom. The van der Waals surface area contributed by atoms with Crippen LogP contribution in [0.3, 0.4) is 0 Å². The van der Waals surface area contributed by atoms with E-state index in [2.05, 4.69) is 4.98 Å². The maximum absolute atomic E-state index is 11.0. The highest BCUT2D eigenvalue weighted by Crippen LogP contribution is 2.25. The number of aromatic amines is 1. The summed E-state index contributed by atoms with van der Waals surface area (Å²) < 4.78 is 0. The molecular formula is C11H12N2O2. The standard InChI is InChI=1S/C11H12N2O2/c1-2-7-8-5-6(12)3-4-9(8)13-10(7)11(14)15/h3-5,13H,2,12H2,1H3,(H,14,15). The van der Waals surface area contributed by atoms with E-state index in [1.54, 1.807) is 18.2 Å². The van der Waals surface area contributed by atoms with Crippen LogP contribution in [0.25, 0.3) is 10.9 Å². The average molecular weight is 204 g/mol. The molecule has 0 atom stereocenters. The number of H-pyrrole nitrogens is 1. The third kappa shape index (κ3) is 1.44. The summed E-state index contributed by atoms with van der Waals surface area (Å²) in [5.41, 5.74) is 8.21. The predicted molar refractivity (Wildman–Crippen MR) is 59.0 cm³/mol. The van der Waals surface area contributed by atoms with Gasteiger partial charge in [0.2, 0.25) is 0 Å². The molecule has 0 radical (unpaired) electrons. The molecule has 0 spiro atoms. The number of fused-ring (bicyclic) bond motifs is 1. The molecule has 0 saturated carbocycles. The Kier molecular flexibility index (Phi) is 2.11. The van der Waals surface area contributed by atoms with Crippen LogP contribution in [0.4, 0.5) is 5.69 Å². The molecule has 0 amide bonds. The van der Waals surface area contributed by atoms with E-state index in [0.717, 1.165) is 16.5 Å². The highest BCUT2D eigenvalue weighted by atomic mass is 16.4. The van der Waals surface area contributed by atoms with Crippen LogP contribution in [0.2, 0.25) is 0 Å². The van der Waals surface area contributed by atoms with Gasteiger partial charge in [0.05, 0.1) is 0 Å². The lowest BCUT2D eigenvalue weighted by atomic mass is 10.1. The molecular weight excluding hydrogens is 192 g/mol. The monoisotopic (exact) mass is 204 g/mol. The van der Waals surface area contributed by atoms with Gasteiger partial charge in [-0.15, -0.1) is 0 Å². The third-order valence-electron chi connectivity index (χ3n) is 2.50. The maximum atomic E-state index is 11.0. The molecule has 0 unspecified atom stereocenters. The van der Waals surface area contributed by atoms with E-state index in [0.29, 0.717) is 12.1 Å². The molecule has 4 N–H and O–H groups in total. The number of carboxylic acid groups (broad SMARTS) is 1. The summed E-state index contributed by atoms with van der Waals surface area (Å²) in [7, 11) is 0. The van der Waals surface area contributed by atoms with Crippen molar-refractivity contribution in [2.24, 2.45) is 0 Å². The molecule has 1 aromatic carbocycles. The van der Waals surface area contributed by atoms with Crippen molar-refractivity contribution in [1.29, 1.82) is 0 Å². The number of aromatic carboxylic acids is 1. The fourth-order valence-electron chi connectivity index (χ4n) is 1.82. The number of nitrogens with two attached hydrogens (primary N) is 1. The summed E-state index contributed by atoms with van der Waals surface area (Å²) >= 11 is 0. The first-order valence-corrected chi connectivity index (χ1v) is 4.77. The van der Waals surface area contributed by atoms with Gasteiger partial charge in [-0.3, -0.25) is 0 Å². The van der Waals surface area contributed by atoms with Crippen molar-refractivity contribution in [2.45, 2.75) is 13.3 Å². The number of carbonyl (C=O) groups is 1. The number of nitrogen functional groups attached to an aromatic ring is 1. The first-order chi connectivity index (χ1) is 7.13. The average Bonchev–Trinajstić information content (AvgIpc) is 2.55. The number of hydrogen-bond acceptors (Lipinski definition) is 2. The van der Waals surface area contributed by atoms with E-state index in [4.69, 9.17) is 10.8 Å². The fourth-order valence-corrected chi connectivity index (χ4v) is 1.82. The number of anilines is 1. The van der Waals surface area contributed by atoms with Crippen LogP contribution < -0.4 is 5.73 Å². The van der Waals surface area contributed by atoms with Gasteiger partial charge in [-0.25, -0.2) is 4.79 Å². The summed E-state index contributed by atoms with van der Waals surface area (Å²) in [6.45, 7) is 1.93. The largest absolute Gasteiger partial charge is 0.477 e. The summed E-state index contributed by atoms with van der Waals surface area (Å²) in [6, 6.07) is 5.36.